The lowest BCUT2D eigenvalue weighted by Crippen LogP contribution is -2.14. The number of benzene rings is 1. The number of nitrogens with zero attached hydrogens (tertiary/aromatic N) is 4. The van der Waals surface area contributed by atoms with Crippen LogP contribution in [0.1, 0.15) is 16.1 Å². The van der Waals surface area contributed by atoms with E-state index in [1.165, 1.54) is 11.3 Å². The Kier molecular flexibility index (Phi) is 4.93. The molecule has 3 rings (SSSR count). The average Bonchev–Trinajstić information content (AvgIpc) is 3.05. The molecule has 0 aliphatic carbocycles. The van der Waals surface area contributed by atoms with Gasteiger partial charge in [-0.25, -0.2) is 4.98 Å². The highest BCUT2D eigenvalue weighted by Crippen LogP contribution is 2.21. The Balaban J connectivity index is 1.73. The van der Waals surface area contributed by atoms with Gasteiger partial charge >= 0.3 is 0 Å². The van der Waals surface area contributed by atoms with Crippen LogP contribution in [0.15, 0.2) is 48.2 Å². The van der Waals surface area contributed by atoms with E-state index in [0.717, 1.165) is 17.8 Å². The Labute approximate surface area is 144 Å². The van der Waals surface area contributed by atoms with Gasteiger partial charge in [0.1, 0.15) is 16.4 Å². The summed E-state index contributed by atoms with van der Waals surface area (Å²) in [6, 6.07) is 7.80. The molecule has 0 saturated carbocycles. The van der Waals surface area contributed by atoms with E-state index in [2.05, 4.69) is 25.2 Å². The van der Waals surface area contributed by atoms with Crippen LogP contribution in [-0.4, -0.2) is 39.9 Å². The minimum Gasteiger partial charge on any atom is -0.321 e. The lowest BCUT2D eigenvalue weighted by atomic mass is 10.2. The summed E-state index contributed by atoms with van der Waals surface area (Å²) in [4.78, 5) is 27.0. The zero-order valence-corrected chi connectivity index (χ0v) is 14.2. The predicted molar refractivity (Wildman–Crippen MR) is 94.9 cm³/mol. The van der Waals surface area contributed by atoms with E-state index in [1.807, 2.05) is 38.4 Å². The first-order valence-corrected chi connectivity index (χ1v) is 8.27. The van der Waals surface area contributed by atoms with Crippen molar-refractivity contribution in [2.45, 2.75) is 6.54 Å². The van der Waals surface area contributed by atoms with Crippen LogP contribution in [0.5, 0.6) is 0 Å². The number of carbonyl (C=O) groups excluding carboxylic acids is 1. The van der Waals surface area contributed by atoms with Gasteiger partial charge in [0, 0.05) is 30.0 Å². The van der Waals surface area contributed by atoms with Gasteiger partial charge in [0.25, 0.3) is 5.91 Å². The van der Waals surface area contributed by atoms with Gasteiger partial charge in [-0.05, 0) is 31.8 Å². The molecule has 0 spiro atoms. The number of hydrogen-bond acceptors (Lipinski definition) is 6. The molecular weight excluding hydrogens is 322 g/mol. The summed E-state index contributed by atoms with van der Waals surface area (Å²) in [6.45, 7) is 0.817. The van der Waals surface area contributed by atoms with Crippen molar-refractivity contribution in [3.63, 3.8) is 0 Å². The highest BCUT2D eigenvalue weighted by atomic mass is 32.1. The van der Waals surface area contributed by atoms with Crippen LogP contribution < -0.4 is 5.32 Å². The van der Waals surface area contributed by atoms with Crippen LogP contribution in [0.2, 0.25) is 0 Å². The van der Waals surface area contributed by atoms with Crippen molar-refractivity contribution in [2.24, 2.45) is 0 Å². The summed E-state index contributed by atoms with van der Waals surface area (Å²) in [5.41, 5.74) is 2.93. The molecular formula is C17H17N5OS. The number of nitrogens with one attached hydrogen (secondary N) is 1. The van der Waals surface area contributed by atoms with E-state index >= 15 is 0 Å². The van der Waals surface area contributed by atoms with Gasteiger partial charge < -0.3 is 10.2 Å². The second-order valence-corrected chi connectivity index (χ2v) is 6.38. The molecule has 0 aliphatic heterocycles. The summed E-state index contributed by atoms with van der Waals surface area (Å²) < 4.78 is 0. The molecule has 2 heterocycles. The number of carbonyl (C=O) groups is 1. The van der Waals surface area contributed by atoms with Gasteiger partial charge in [0.15, 0.2) is 0 Å². The monoisotopic (exact) mass is 339 g/mol. The number of hydrogen-bond donors (Lipinski definition) is 1. The van der Waals surface area contributed by atoms with Crippen molar-refractivity contribution in [1.29, 1.82) is 0 Å². The first-order valence-electron chi connectivity index (χ1n) is 7.39. The van der Waals surface area contributed by atoms with Crippen molar-refractivity contribution in [2.75, 3.05) is 19.4 Å². The highest BCUT2D eigenvalue weighted by molar-refractivity contribution is 7.13. The second kappa shape index (κ2) is 7.29. The Morgan fingerprint density at radius 2 is 2.17 bits per heavy atom. The van der Waals surface area contributed by atoms with Crippen LogP contribution in [0.25, 0.3) is 10.7 Å². The number of aromatic nitrogens is 3. The summed E-state index contributed by atoms with van der Waals surface area (Å²) >= 11 is 1.37. The van der Waals surface area contributed by atoms with E-state index in [1.54, 1.807) is 24.0 Å². The molecule has 122 valence electrons. The van der Waals surface area contributed by atoms with E-state index in [-0.39, 0.29) is 5.91 Å². The van der Waals surface area contributed by atoms with E-state index in [0.29, 0.717) is 16.4 Å². The average molecular weight is 339 g/mol. The maximum atomic E-state index is 12.4. The Morgan fingerprint density at radius 3 is 2.92 bits per heavy atom. The first-order chi connectivity index (χ1) is 11.6. The summed E-state index contributed by atoms with van der Waals surface area (Å²) in [7, 11) is 4.02. The third kappa shape index (κ3) is 4.01. The minimum atomic E-state index is -0.233. The standard InChI is InChI=1S/C17H17N5OS/c1-22(2)10-12-4-3-5-13(8-12)20-16(23)15-11-24-17(21-15)14-9-18-6-7-19-14/h3-9,11H,10H2,1-2H3,(H,20,23). The van der Waals surface area contributed by atoms with Crippen molar-refractivity contribution < 1.29 is 4.79 Å². The summed E-state index contributed by atoms with van der Waals surface area (Å²) in [5.74, 6) is -0.233. The lowest BCUT2D eigenvalue weighted by Gasteiger charge is -2.11. The van der Waals surface area contributed by atoms with Gasteiger partial charge in [-0.1, -0.05) is 12.1 Å². The lowest BCUT2D eigenvalue weighted by molar-refractivity contribution is 0.102. The van der Waals surface area contributed by atoms with Gasteiger partial charge in [0.05, 0.1) is 6.20 Å². The number of thiazole rings is 1. The van der Waals surface area contributed by atoms with Gasteiger partial charge in [0.2, 0.25) is 0 Å². The predicted octanol–water partition coefficient (Wildman–Crippen LogP) is 2.91. The molecule has 0 aliphatic rings. The molecule has 1 aromatic carbocycles. The molecule has 3 aromatic rings. The number of anilines is 1. The molecule has 2 aromatic heterocycles. The maximum absolute atomic E-state index is 12.4. The van der Waals surface area contributed by atoms with Crippen LogP contribution in [0.3, 0.4) is 0 Å². The fourth-order valence-corrected chi connectivity index (χ4v) is 2.97. The SMILES string of the molecule is CN(C)Cc1cccc(NC(=O)c2csc(-c3cnccn3)n2)c1. The van der Waals surface area contributed by atoms with Crippen molar-refractivity contribution in [1.82, 2.24) is 19.9 Å². The second-order valence-electron chi connectivity index (χ2n) is 5.52. The van der Waals surface area contributed by atoms with Gasteiger partial charge in [-0.15, -0.1) is 11.3 Å². The van der Waals surface area contributed by atoms with E-state index in [9.17, 15) is 4.79 Å². The highest BCUT2D eigenvalue weighted by Gasteiger charge is 2.13. The fourth-order valence-electron chi connectivity index (χ4n) is 2.21. The Hall–Kier alpha value is -2.64. The Bertz CT molecular complexity index is 832. The van der Waals surface area contributed by atoms with Crippen molar-refractivity contribution in [3.8, 4) is 10.7 Å². The minimum absolute atomic E-state index is 0.233. The topological polar surface area (TPSA) is 71.0 Å². The summed E-state index contributed by atoms with van der Waals surface area (Å²) in [6.07, 6.45) is 4.84. The molecule has 0 fully saturated rings. The largest absolute Gasteiger partial charge is 0.321 e. The molecule has 7 heteroatoms. The van der Waals surface area contributed by atoms with Gasteiger partial charge in [-0.3, -0.25) is 14.8 Å². The van der Waals surface area contributed by atoms with Crippen LogP contribution >= 0.6 is 11.3 Å². The van der Waals surface area contributed by atoms with E-state index < -0.39 is 0 Å². The molecule has 0 unspecified atom stereocenters. The zero-order valence-electron chi connectivity index (χ0n) is 13.4. The maximum Gasteiger partial charge on any atom is 0.275 e. The van der Waals surface area contributed by atoms with Crippen LogP contribution in [0, 0.1) is 0 Å². The fraction of sp³-hybridized carbons (Fsp3) is 0.176. The van der Waals surface area contributed by atoms with Crippen LogP contribution in [0.4, 0.5) is 5.69 Å². The molecule has 0 saturated heterocycles. The van der Waals surface area contributed by atoms with E-state index in [4.69, 9.17) is 0 Å². The third-order valence-electron chi connectivity index (χ3n) is 3.20. The molecule has 1 amide bonds. The molecule has 6 nitrogen and oxygen atoms in total. The molecule has 0 radical (unpaired) electrons. The van der Waals surface area contributed by atoms with Crippen LogP contribution in [-0.2, 0) is 6.54 Å². The van der Waals surface area contributed by atoms with Crippen molar-refractivity contribution >= 4 is 22.9 Å². The summed E-state index contributed by atoms with van der Waals surface area (Å²) in [5, 5.41) is 5.29. The molecule has 0 bridgehead atoms. The molecule has 0 atom stereocenters. The smallest absolute Gasteiger partial charge is 0.275 e. The Morgan fingerprint density at radius 1 is 1.29 bits per heavy atom. The number of amides is 1. The van der Waals surface area contributed by atoms with Crippen molar-refractivity contribution in [3.05, 3.63) is 59.5 Å². The third-order valence-corrected chi connectivity index (χ3v) is 4.07. The van der Waals surface area contributed by atoms with Gasteiger partial charge in [-0.2, -0.15) is 0 Å². The quantitative estimate of drug-likeness (QED) is 0.774. The first kappa shape index (κ1) is 16.2. The number of rotatable bonds is 5. The zero-order chi connectivity index (χ0) is 16.9. The molecule has 1 N–H and O–H groups in total. The normalized spacial score (nSPS) is 10.8. The molecule has 24 heavy (non-hydrogen) atoms.